The number of hydrogen-bond acceptors (Lipinski definition) is 3. The molecule has 0 aliphatic carbocycles. The zero-order chi connectivity index (χ0) is 15.9. The third kappa shape index (κ3) is 6.30. The van der Waals surface area contributed by atoms with Crippen molar-refractivity contribution in [3.8, 4) is 0 Å². The standard InChI is InChI=1S/C18H23N3O.ClH/c1-21(2)13-16-8-4-3-7-15(16)12-20-18(22)11-14-6-5-9-17(19)10-14;/h3-10H,11-13,19H2,1-2H3,(H,20,22);1H. The third-order valence-electron chi connectivity index (χ3n) is 3.40. The Hall–Kier alpha value is -2.04. The molecule has 23 heavy (non-hydrogen) atoms. The maximum Gasteiger partial charge on any atom is 0.224 e. The van der Waals surface area contributed by atoms with Gasteiger partial charge in [0.15, 0.2) is 0 Å². The number of nitrogens with two attached hydrogens (primary N) is 1. The van der Waals surface area contributed by atoms with Crippen LogP contribution in [0.4, 0.5) is 5.69 Å². The van der Waals surface area contributed by atoms with Crippen LogP contribution in [0.15, 0.2) is 48.5 Å². The van der Waals surface area contributed by atoms with E-state index in [0.717, 1.165) is 17.7 Å². The summed E-state index contributed by atoms with van der Waals surface area (Å²) in [6.07, 6.45) is 0.348. The molecule has 0 aliphatic heterocycles. The van der Waals surface area contributed by atoms with E-state index >= 15 is 0 Å². The highest BCUT2D eigenvalue weighted by Crippen LogP contribution is 2.11. The van der Waals surface area contributed by atoms with Gasteiger partial charge >= 0.3 is 0 Å². The predicted octanol–water partition coefficient (Wildman–Crippen LogP) is 2.61. The molecule has 0 radical (unpaired) electrons. The summed E-state index contributed by atoms with van der Waals surface area (Å²) in [6.45, 7) is 1.41. The molecule has 0 fully saturated rings. The van der Waals surface area contributed by atoms with Gasteiger partial charge in [-0.2, -0.15) is 0 Å². The minimum atomic E-state index is 0. The Balaban J connectivity index is 0.00000264. The van der Waals surface area contributed by atoms with Crippen LogP contribution in [0, 0.1) is 0 Å². The van der Waals surface area contributed by atoms with Crippen LogP contribution < -0.4 is 11.1 Å². The number of rotatable bonds is 6. The summed E-state index contributed by atoms with van der Waals surface area (Å²) in [6, 6.07) is 15.6. The summed E-state index contributed by atoms with van der Waals surface area (Å²) in [4.78, 5) is 14.2. The molecule has 0 aliphatic rings. The normalized spacial score (nSPS) is 10.2. The van der Waals surface area contributed by atoms with E-state index < -0.39 is 0 Å². The molecule has 2 aromatic rings. The van der Waals surface area contributed by atoms with E-state index in [1.165, 1.54) is 5.56 Å². The van der Waals surface area contributed by atoms with E-state index in [9.17, 15) is 4.79 Å². The number of nitrogen functional groups attached to an aromatic ring is 1. The second-order valence-corrected chi connectivity index (χ2v) is 5.71. The highest BCUT2D eigenvalue weighted by Gasteiger charge is 2.07. The van der Waals surface area contributed by atoms with Gasteiger partial charge in [0.1, 0.15) is 0 Å². The van der Waals surface area contributed by atoms with Gasteiger partial charge in [-0.05, 0) is 42.9 Å². The summed E-state index contributed by atoms with van der Waals surface area (Å²) in [5.74, 6) is 0.00487. The Morgan fingerprint density at radius 3 is 2.43 bits per heavy atom. The van der Waals surface area contributed by atoms with Crippen molar-refractivity contribution in [3.05, 3.63) is 65.2 Å². The lowest BCUT2D eigenvalue weighted by Gasteiger charge is -2.14. The number of nitrogens with zero attached hydrogens (tertiary/aromatic N) is 1. The van der Waals surface area contributed by atoms with Crippen molar-refractivity contribution in [2.45, 2.75) is 19.5 Å². The highest BCUT2D eigenvalue weighted by atomic mass is 35.5. The number of carbonyl (C=O) groups excluding carboxylic acids is 1. The average molecular weight is 334 g/mol. The lowest BCUT2D eigenvalue weighted by molar-refractivity contribution is -0.120. The molecule has 0 unspecified atom stereocenters. The largest absolute Gasteiger partial charge is 0.399 e. The summed E-state index contributed by atoms with van der Waals surface area (Å²) in [5, 5.41) is 2.98. The molecule has 124 valence electrons. The van der Waals surface area contributed by atoms with Gasteiger partial charge in [-0.1, -0.05) is 36.4 Å². The Labute approximate surface area is 144 Å². The first-order valence-electron chi connectivity index (χ1n) is 7.37. The molecule has 0 aromatic heterocycles. The van der Waals surface area contributed by atoms with Gasteiger partial charge in [-0.25, -0.2) is 0 Å². The van der Waals surface area contributed by atoms with E-state index in [4.69, 9.17) is 5.73 Å². The zero-order valence-electron chi connectivity index (χ0n) is 13.6. The van der Waals surface area contributed by atoms with Crippen molar-refractivity contribution in [2.75, 3.05) is 19.8 Å². The molecule has 0 atom stereocenters. The molecular formula is C18H24ClN3O. The second kappa shape index (κ2) is 9.18. The number of halogens is 1. The van der Waals surface area contributed by atoms with E-state index in [-0.39, 0.29) is 18.3 Å². The van der Waals surface area contributed by atoms with Gasteiger partial charge in [0.25, 0.3) is 0 Å². The van der Waals surface area contributed by atoms with E-state index in [0.29, 0.717) is 18.7 Å². The Morgan fingerprint density at radius 2 is 1.78 bits per heavy atom. The highest BCUT2D eigenvalue weighted by molar-refractivity contribution is 5.85. The fourth-order valence-electron chi connectivity index (χ4n) is 2.37. The molecule has 0 bridgehead atoms. The molecule has 0 spiro atoms. The monoisotopic (exact) mass is 333 g/mol. The lowest BCUT2D eigenvalue weighted by atomic mass is 10.1. The van der Waals surface area contributed by atoms with Gasteiger partial charge in [-0.15, -0.1) is 12.4 Å². The molecule has 0 saturated carbocycles. The van der Waals surface area contributed by atoms with Crippen LogP contribution in [-0.2, 0) is 24.3 Å². The molecule has 0 heterocycles. The SMILES string of the molecule is CN(C)Cc1ccccc1CNC(=O)Cc1cccc(N)c1.Cl. The summed E-state index contributed by atoms with van der Waals surface area (Å²) >= 11 is 0. The first kappa shape index (κ1) is 19.0. The number of anilines is 1. The number of amides is 1. The lowest BCUT2D eigenvalue weighted by Crippen LogP contribution is -2.25. The van der Waals surface area contributed by atoms with Crippen molar-refractivity contribution in [1.82, 2.24) is 10.2 Å². The molecule has 5 heteroatoms. The van der Waals surface area contributed by atoms with E-state index in [1.54, 1.807) is 0 Å². The Morgan fingerprint density at radius 1 is 1.09 bits per heavy atom. The molecule has 1 amide bonds. The summed E-state index contributed by atoms with van der Waals surface area (Å²) < 4.78 is 0. The topological polar surface area (TPSA) is 58.4 Å². The van der Waals surface area contributed by atoms with E-state index in [1.807, 2.05) is 50.5 Å². The second-order valence-electron chi connectivity index (χ2n) is 5.71. The van der Waals surface area contributed by atoms with Crippen molar-refractivity contribution in [2.24, 2.45) is 0 Å². The van der Waals surface area contributed by atoms with Gasteiger partial charge in [0.2, 0.25) is 5.91 Å². The fourth-order valence-corrected chi connectivity index (χ4v) is 2.37. The quantitative estimate of drug-likeness (QED) is 0.799. The first-order valence-corrected chi connectivity index (χ1v) is 7.37. The van der Waals surface area contributed by atoms with Crippen molar-refractivity contribution < 1.29 is 4.79 Å². The van der Waals surface area contributed by atoms with Crippen molar-refractivity contribution in [3.63, 3.8) is 0 Å². The van der Waals surface area contributed by atoms with Gasteiger partial charge in [0, 0.05) is 18.8 Å². The van der Waals surface area contributed by atoms with Crippen LogP contribution >= 0.6 is 12.4 Å². The van der Waals surface area contributed by atoms with Crippen LogP contribution in [0.2, 0.25) is 0 Å². The summed E-state index contributed by atoms with van der Waals surface area (Å²) in [7, 11) is 4.07. The number of hydrogen-bond donors (Lipinski definition) is 2. The van der Waals surface area contributed by atoms with Gasteiger partial charge in [0.05, 0.1) is 6.42 Å². The van der Waals surface area contributed by atoms with Crippen LogP contribution in [0.1, 0.15) is 16.7 Å². The molecule has 2 aromatic carbocycles. The number of benzene rings is 2. The molecule has 2 rings (SSSR count). The first-order chi connectivity index (χ1) is 10.5. The maximum atomic E-state index is 12.1. The minimum Gasteiger partial charge on any atom is -0.399 e. The van der Waals surface area contributed by atoms with Crippen LogP contribution in [0.3, 0.4) is 0 Å². The van der Waals surface area contributed by atoms with Crippen LogP contribution in [-0.4, -0.2) is 24.9 Å². The molecule has 3 N–H and O–H groups in total. The minimum absolute atomic E-state index is 0. The molecule has 4 nitrogen and oxygen atoms in total. The van der Waals surface area contributed by atoms with Crippen molar-refractivity contribution in [1.29, 1.82) is 0 Å². The smallest absolute Gasteiger partial charge is 0.224 e. The van der Waals surface area contributed by atoms with E-state index in [2.05, 4.69) is 22.3 Å². The number of carbonyl (C=O) groups is 1. The average Bonchev–Trinajstić information content (AvgIpc) is 2.46. The zero-order valence-corrected chi connectivity index (χ0v) is 14.4. The molecular weight excluding hydrogens is 310 g/mol. The van der Waals surface area contributed by atoms with Crippen LogP contribution in [0.25, 0.3) is 0 Å². The fraction of sp³-hybridized carbons (Fsp3) is 0.278. The third-order valence-corrected chi connectivity index (χ3v) is 3.40. The van der Waals surface area contributed by atoms with Gasteiger partial charge < -0.3 is 16.0 Å². The number of nitrogens with one attached hydrogen (secondary N) is 1. The summed E-state index contributed by atoms with van der Waals surface area (Å²) in [5.41, 5.74) is 9.72. The van der Waals surface area contributed by atoms with Gasteiger partial charge in [-0.3, -0.25) is 4.79 Å². The molecule has 0 saturated heterocycles. The Kier molecular flexibility index (Phi) is 7.59. The maximum absolute atomic E-state index is 12.1. The predicted molar refractivity (Wildman–Crippen MR) is 97.5 cm³/mol. The Bertz CT molecular complexity index is 644. The van der Waals surface area contributed by atoms with Crippen LogP contribution in [0.5, 0.6) is 0 Å². The van der Waals surface area contributed by atoms with Crippen molar-refractivity contribution >= 4 is 24.0 Å².